The number of carboxylic acids is 1. The first kappa shape index (κ1) is 14.8. The molecule has 0 amide bonds. The molecule has 110 valence electrons. The van der Waals surface area contributed by atoms with Gasteiger partial charge in [0.05, 0.1) is 10.6 Å². The molecule has 0 radical (unpaired) electrons. The first-order valence-electron chi connectivity index (χ1n) is 6.64. The van der Waals surface area contributed by atoms with Crippen molar-refractivity contribution in [3.8, 4) is 0 Å². The second-order valence-electron chi connectivity index (χ2n) is 5.27. The Morgan fingerprint density at radius 2 is 2.10 bits per heavy atom. The predicted octanol–water partition coefficient (Wildman–Crippen LogP) is 1.78. The monoisotopic (exact) mass is 297 g/mol. The van der Waals surface area contributed by atoms with E-state index in [0.717, 1.165) is 25.2 Å². The molecule has 20 heavy (non-hydrogen) atoms. The van der Waals surface area contributed by atoms with Crippen LogP contribution in [0.5, 0.6) is 0 Å². The van der Waals surface area contributed by atoms with Crippen LogP contribution in [0.25, 0.3) is 0 Å². The Morgan fingerprint density at radius 3 is 2.75 bits per heavy atom. The Kier molecular flexibility index (Phi) is 4.32. The highest BCUT2D eigenvalue weighted by Crippen LogP contribution is 2.31. The molecule has 0 aliphatic carbocycles. The van der Waals surface area contributed by atoms with Crippen molar-refractivity contribution in [3.05, 3.63) is 24.3 Å². The zero-order valence-electron chi connectivity index (χ0n) is 11.4. The second-order valence-corrected chi connectivity index (χ2v) is 7.26. The number of rotatable bonds is 5. The van der Waals surface area contributed by atoms with Crippen LogP contribution in [0, 0.1) is 5.92 Å². The van der Waals surface area contributed by atoms with Gasteiger partial charge in [0.2, 0.25) is 0 Å². The lowest BCUT2D eigenvalue weighted by molar-refractivity contribution is -0.137. The van der Waals surface area contributed by atoms with E-state index in [4.69, 9.17) is 5.11 Å². The second kappa shape index (κ2) is 5.83. The number of nitrogens with zero attached hydrogens (tertiary/aromatic N) is 1. The van der Waals surface area contributed by atoms with Gasteiger partial charge in [0.25, 0.3) is 0 Å². The maximum absolute atomic E-state index is 11.8. The van der Waals surface area contributed by atoms with Crippen molar-refractivity contribution in [2.75, 3.05) is 24.2 Å². The van der Waals surface area contributed by atoms with Gasteiger partial charge in [-0.3, -0.25) is 4.79 Å². The van der Waals surface area contributed by atoms with Crippen molar-refractivity contribution in [2.45, 2.75) is 24.2 Å². The molecule has 1 fully saturated rings. The number of hydrogen-bond donors (Lipinski definition) is 1. The number of carbonyl (C=O) groups is 1. The van der Waals surface area contributed by atoms with Gasteiger partial charge in [-0.05, 0) is 30.9 Å². The highest BCUT2D eigenvalue weighted by Gasteiger charge is 2.26. The molecule has 0 bridgehead atoms. The molecule has 6 heteroatoms. The summed E-state index contributed by atoms with van der Waals surface area (Å²) >= 11 is 0. The van der Waals surface area contributed by atoms with Gasteiger partial charge in [0.15, 0.2) is 9.84 Å². The van der Waals surface area contributed by atoms with Crippen molar-refractivity contribution in [1.29, 1.82) is 0 Å². The summed E-state index contributed by atoms with van der Waals surface area (Å²) in [4.78, 5) is 13.0. The molecule has 1 saturated heterocycles. The van der Waals surface area contributed by atoms with Crippen LogP contribution in [-0.2, 0) is 14.6 Å². The minimum atomic E-state index is -3.25. The van der Waals surface area contributed by atoms with E-state index >= 15 is 0 Å². The predicted molar refractivity (Wildman–Crippen MR) is 76.7 cm³/mol. The van der Waals surface area contributed by atoms with Crippen molar-refractivity contribution in [1.82, 2.24) is 0 Å². The van der Waals surface area contributed by atoms with Crippen LogP contribution in [0.2, 0.25) is 0 Å². The number of aliphatic carboxylic acids is 1. The van der Waals surface area contributed by atoms with Gasteiger partial charge in [-0.2, -0.15) is 0 Å². The van der Waals surface area contributed by atoms with Crippen LogP contribution < -0.4 is 4.90 Å². The maximum Gasteiger partial charge on any atom is 0.303 e. The Labute approximate surface area is 119 Å². The van der Waals surface area contributed by atoms with E-state index in [9.17, 15) is 13.2 Å². The van der Waals surface area contributed by atoms with E-state index in [2.05, 4.69) is 0 Å². The van der Waals surface area contributed by atoms with Crippen molar-refractivity contribution < 1.29 is 18.3 Å². The summed E-state index contributed by atoms with van der Waals surface area (Å²) in [6, 6.07) is 6.98. The minimum absolute atomic E-state index is 0.173. The summed E-state index contributed by atoms with van der Waals surface area (Å²) in [5.41, 5.74) is 0.729. The molecule has 0 aromatic heterocycles. The standard InChI is InChI=1S/C14H19NO4S/c1-20(18,19)13-5-3-2-4-12(13)15-9-8-11(10-15)6-7-14(16)17/h2-5,11H,6-10H2,1H3,(H,16,17). The Bertz CT molecular complexity index is 597. The van der Waals surface area contributed by atoms with Crippen molar-refractivity contribution in [2.24, 2.45) is 5.92 Å². The fourth-order valence-corrected chi connectivity index (χ4v) is 3.55. The molecule has 5 nitrogen and oxygen atoms in total. The van der Waals surface area contributed by atoms with Crippen LogP contribution in [0.15, 0.2) is 29.2 Å². The number of hydrogen-bond acceptors (Lipinski definition) is 4. The Balaban J connectivity index is 2.13. The Hall–Kier alpha value is -1.56. The SMILES string of the molecule is CS(=O)(=O)c1ccccc1N1CCC(CCC(=O)O)C1. The van der Waals surface area contributed by atoms with Crippen LogP contribution >= 0.6 is 0 Å². The summed E-state index contributed by atoms with van der Waals surface area (Å²) in [5.74, 6) is -0.460. The van der Waals surface area contributed by atoms with Gasteiger partial charge in [-0.15, -0.1) is 0 Å². The lowest BCUT2D eigenvalue weighted by Gasteiger charge is -2.21. The number of carboxylic acid groups (broad SMARTS) is 1. The minimum Gasteiger partial charge on any atom is -0.481 e. The van der Waals surface area contributed by atoms with Gasteiger partial charge >= 0.3 is 5.97 Å². The van der Waals surface area contributed by atoms with Crippen LogP contribution in [-0.4, -0.2) is 38.8 Å². The molecule has 1 unspecified atom stereocenters. The van der Waals surface area contributed by atoms with Gasteiger partial charge in [0.1, 0.15) is 0 Å². The molecule has 1 aromatic rings. The highest BCUT2D eigenvalue weighted by atomic mass is 32.2. The lowest BCUT2D eigenvalue weighted by Crippen LogP contribution is -2.22. The summed E-state index contributed by atoms with van der Waals surface area (Å²) in [5, 5.41) is 8.71. The van der Waals surface area contributed by atoms with E-state index in [1.807, 2.05) is 17.0 Å². The molecule has 1 heterocycles. The largest absolute Gasteiger partial charge is 0.481 e. The van der Waals surface area contributed by atoms with E-state index in [1.165, 1.54) is 6.26 Å². The normalized spacial score (nSPS) is 19.2. The molecule has 1 N–H and O–H groups in total. The lowest BCUT2D eigenvalue weighted by atomic mass is 10.0. The third kappa shape index (κ3) is 3.50. The fraction of sp³-hybridized carbons (Fsp3) is 0.500. The molecular weight excluding hydrogens is 278 g/mol. The number of benzene rings is 1. The Morgan fingerprint density at radius 1 is 1.40 bits per heavy atom. The summed E-state index contributed by atoms with van der Waals surface area (Å²) in [6.45, 7) is 1.50. The van der Waals surface area contributed by atoms with Gasteiger partial charge in [-0.1, -0.05) is 12.1 Å². The molecule has 1 atom stereocenters. The highest BCUT2D eigenvalue weighted by molar-refractivity contribution is 7.90. The quantitative estimate of drug-likeness (QED) is 0.896. The molecule has 1 aromatic carbocycles. The summed E-state index contributed by atoms with van der Waals surface area (Å²) in [6.07, 6.45) is 2.94. The topological polar surface area (TPSA) is 74.7 Å². The number of sulfone groups is 1. The molecule has 1 aliphatic heterocycles. The van der Waals surface area contributed by atoms with Crippen LogP contribution in [0.3, 0.4) is 0 Å². The smallest absolute Gasteiger partial charge is 0.303 e. The van der Waals surface area contributed by atoms with Gasteiger partial charge in [-0.25, -0.2) is 8.42 Å². The van der Waals surface area contributed by atoms with Gasteiger partial charge < -0.3 is 10.0 Å². The first-order chi connectivity index (χ1) is 9.38. The van der Waals surface area contributed by atoms with E-state index in [1.54, 1.807) is 12.1 Å². The molecule has 1 aliphatic rings. The third-order valence-corrected chi connectivity index (χ3v) is 4.80. The molecule has 0 saturated carbocycles. The summed E-state index contributed by atoms with van der Waals surface area (Å²) < 4.78 is 23.6. The van der Waals surface area contributed by atoms with Crippen molar-refractivity contribution in [3.63, 3.8) is 0 Å². The third-order valence-electron chi connectivity index (χ3n) is 3.66. The molecule has 0 spiro atoms. The molecule has 2 rings (SSSR count). The van der Waals surface area contributed by atoms with Crippen LogP contribution in [0.1, 0.15) is 19.3 Å². The maximum atomic E-state index is 11.8. The van der Waals surface area contributed by atoms with E-state index in [-0.39, 0.29) is 6.42 Å². The zero-order valence-corrected chi connectivity index (χ0v) is 12.3. The number of para-hydroxylation sites is 1. The fourth-order valence-electron chi connectivity index (χ4n) is 2.65. The van der Waals surface area contributed by atoms with Crippen LogP contribution in [0.4, 0.5) is 5.69 Å². The number of anilines is 1. The average Bonchev–Trinajstić information content (AvgIpc) is 2.84. The summed E-state index contributed by atoms with van der Waals surface area (Å²) in [7, 11) is -3.25. The average molecular weight is 297 g/mol. The molecular formula is C14H19NO4S. The van der Waals surface area contributed by atoms with Crippen molar-refractivity contribution >= 4 is 21.5 Å². The van der Waals surface area contributed by atoms with E-state index < -0.39 is 15.8 Å². The first-order valence-corrected chi connectivity index (χ1v) is 8.53. The van der Waals surface area contributed by atoms with Gasteiger partial charge in [0, 0.05) is 25.8 Å². The van der Waals surface area contributed by atoms with E-state index in [0.29, 0.717) is 17.2 Å². The zero-order chi connectivity index (χ0) is 14.8.